The fourth-order valence-electron chi connectivity index (χ4n) is 11.7. The predicted molar refractivity (Wildman–Crippen MR) is 301 cm³/mol. The van der Waals surface area contributed by atoms with Crippen molar-refractivity contribution in [3.8, 4) is 33.8 Å². The van der Waals surface area contributed by atoms with Crippen LogP contribution in [0.4, 0.5) is 17.1 Å². The van der Waals surface area contributed by atoms with E-state index in [-0.39, 0.29) is 6.71 Å². The lowest BCUT2D eigenvalue weighted by Crippen LogP contribution is -2.52. The number of fused-ring (bicyclic) bond motifs is 12. The van der Waals surface area contributed by atoms with E-state index in [0.29, 0.717) is 0 Å². The van der Waals surface area contributed by atoms with Gasteiger partial charge in [0.15, 0.2) is 0 Å². The summed E-state index contributed by atoms with van der Waals surface area (Å²) in [5.41, 5.74) is 16.0. The SMILES string of the molecule is Cc1ccc(B(c2ccc3oc4ccccc4c3c2)c2cc3c4cccc5c4c(cc3c3ccccc23)-c2ccc(N(c3ccc4oc6ccccc6c4c3)c3ccccc3-c3ccccc3)cc2O5)cc1. The highest BCUT2D eigenvalue weighted by molar-refractivity contribution is 6.97. The second-order valence-electron chi connectivity index (χ2n) is 19.2. The molecule has 336 valence electrons. The first kappa shape index (κ1) is 40.6. The number of hydrogen-bond donors (Lipinski definition) is 0. The van der Waals surface area contributed by atoms with Crippen molar-refractivity contribution in [2.75, 3.05) is 4.90 Å². The molecule has 0 radical (unpaired) electrons. The van der Waals surface area contributed by atoms with E-state index in [2.05, 4.69) is 230 Å². The molecule has 0 saturated carbocycles. The first-order valence-corrected chi connectivity index (χ1v) is 24.7. The molecular weight excluding hydrogens is 878 g/mol. The summed E-state index contributed by atoms with van der Waals surface area (Å²) in [7, 11) is 0. The third-order valence-corrected chi connectivity index (χ3v) is 15.0. The molecule has 0 unspecified atom stereocenters. The van der Waals surface area contributed by atoms with Gasteiger partial charge in [-0.2, -0.15) is 0 Å². The summed E-state index contributed by atoms with van der Waals surface area (Å²) in [4.78, 5) is 2.36. The van der Waals surface area contributed by atoms with Crippen molar-refractivity contribution in [3.63, 3.8) is 0 Å². The van der Waals surface area contributed by atoms with Gasteiger partial charge in [-0.3, -0.25) is 0 Å². The van der Waals surface area contributed by atoms with Gasteiger partial charge in [-0.05, 0) is 112 Å². The van der Waals surface area contributed by atoms with E-state index in [4.69, 9.17) is 13.6 Å². The van der Waals surface area contributed by atoms with Crippen LogP contribution in [0.15, 0.2) is 245 Å². The molecule has 2 aromatic heterocycles. The lowest BCUT2D eigenvalue weighted by Gasteiger charge is -2.30. The summed E-state index contributed by atoms with van der Waals surface area (Å²) in [6, 6.07) is 85.3. The normalized spacial score (nSPS) is 12.1. The lowest BCUT2D eigenvalue weighted by atomic mass is 9.36. The summed E-state index contributed by atoms with van der Waals surface area (Å²) >= 11 is 0. The molecule has 0 N–H and O–H groups in total. The van der Waals surface area contributed by atoms with Gasteiger partial charge in [0, 0.05) is 55.5 Å². The van der Waals surface area contributed by atoms with Crippen molar-refractivity contribution >= 4 is 116 Å². The standard InChI is InChI=1S/C67H42BNO3/c1-41-26-28-43(29-27-41)68(44-30-34-63-56(36-44)50-19-8-11-23-61(50)70-63)59-40-55-53-21-13-25-65-67(53)58(39-54(55)48-17-5-6-18-49(48)59)52-33-31-46(38-66(52)72-65)69(60-22-10-7-16-47(60)42-14-3-2-4-15-42)45-32-35-64-57(37-45)51-20-9-12-24-62(51)71-64/h2-40H,1H3. The van der Waals surface area contributed by atoms with Crippen molar-refractivity contribution in [2.45, 2.75) is 6.92 Å². The monoisotopic (exact) mass is 919 g/mol. The maximum atomic E-state index is 7.12. The molecule has 15 rings (SSSR count). The second-order valence-corrected chi connectivity index (χ2v) is 19.2. The Balaban J connectivity index is 0.929. The maximum Gasteiger partial charge on any atom is 0.242 e. The van der Waals surface area contributed by atoms with E-state index in [1.807, 2.05) is 18.2 Å². The molecule has 0 fully saturated rings. The molecule has 0 spiro atoms. The number of rotatable bonds is 7. The zero-order valence-corrected chi connectivity index (χ0v) is 39.3. The number of aryl methyl sites for hydroxylation is 1. The quantitative estimate of drug-likeness (QED) is 0.118. The van der Waals surface area contributed by atoms with Crippen molar-refractivity contribution in [2.24, 2.45) is 0 Å². The van der Waals surface area contributed by atoms with Crippen LogP contribution >= 0.6 is 0 Å². The Kier molecular flexibility index (Phi) is 8.93. The van der Waals surface area contributed by atoms with Crippen molar-refractivity contribution < 1.29 is 13.6 Å². The zero-order chi connectivity index (χ0) is 47.4. The van der Waals surface area contributed by atoms with Crippen molar-refractivity contribution in [1.82, 2.24) is 0 Å². The fraction of sp³-hybridized carbons (Fsp3) is 0.0149. The van der Waals surface area contributed by atoms with E-state index >= 15 is 0 Å². The smallest absolute Gasteiger partial charge is 0.242 e. The Hall–Kier alpha value is -9.32. The van der Waals surface area contributed by atoms with Crippen LogP contribution in [0, 0.1) is 6.92 Å². The third kappa shape index (κ3) is 6.27. The molecule has 72 heavy (non-hydrogen) atoms. The highest BCUT2D eigenvalue weighted by atomic mass is 16.5. The molecule has 1 aliphatic rings. The minimum absolute atomic E-state index is 0.0536. The van der Waals surface area contributed by atoms with Crippen molar-refractivity contribution in [3.05, 3.63) is 242 Å². The first-order chi connectivity index (χ1) is 35.6. The van der Waals surface area contributed by atoms with Gasteiger partial charge in [0.2, 0.25) is 6.71 Å². The van der Waals surface area contributed by atoms with E-state index in [9.17, 15) is 0 Å². The van der Waals surface area contributed by atoms with Crippen LogP contribution in [0.3, 0.4) is 0 Å². The molecule has 3 heterocycles. The van der Waals surface area contributed by atoms with Gasteiger partial charge in [-0.25, -0.2) is 0 Å². The van der Waals surface area contributed by atoms with Crippen LogP contribution in [0.1, 0.15) is 5.56 Å². The largest absolute Gasteiger partial charge is 0.456 e. The first-order valence-electron chi connectivity index (χ1n) is 24.7. The lowest BCUT2D eigenvalue weighted by molar-refractivity contribution is 0.487. The molecule has 14 aromatic rings. The van der Waals surface area contributed by atoms with E-state index in [1.54, 1.807) is 0 Å². The van der Waals surface area contributed by atoms with Crippen molar-refractivity contribution in [1.29, 1.82) is 0 Å². The van der Waals surface area contributed by atoms with Crippen LogP contribution in [0.5, 0.6) is 11.5 Å². The average molecular weight is 920 g/mol. The Morgan fingerprint density at radius 2 is 0.944 bits per heavy atom. The summed E-state index contributed by atoms with van der Waals surface area (Å²) in [6.07, 6.45) is 0. The average Bonchev–Trinajstić information content (AvgIpc) is 4.00. The van der Waals surface area contributed by atoms with E-state index in [0.717, 1.165) is 100 Å². The summed E-state index contributed by atoms with van der Waals surface area (Å²) < 4.78 is 19.8. The molecule has 0 aliphatic carbocycles. The number of anilines is 3. The highest BCUT2D eigenvalue weighted by Crippen LogP contribution is 2.52. The van der Waals surface area contributed by atoms with Gasteiger partial charge in [0.05, 0.1) is 5.69 Å². The van der Waals surface area contributed by atoms with Crippen LogP contribution in [-0.4, -0.2) is 6.71 Å². The molecule has 0 saturated heterocycles. The number of furan rings is 2. The topological polar surface area (TPSA) is 38.8 Å². The number of ether oxygens (including phenoxy) is 1. The number of hydrogen-bond acceptors (Lipinski definition) is 4. The van der Waals surface area contributed by atoms with Gasteiger partial charge in [-0.1, -0.05) is 186 Å². The Morgan fingerprint density at radius 3 is 1.74 bits per heavy atom. The minimum atomic E-state index is -0.0536. The second kappa shape index (κ2) is 15.9. The zero-order valence-electron chi connectivity index (χ0n) is 39.3. The highest BCUT2D eigenvalue weighted by Gasteiger charge is 2.29. The Bertz CT molecular complexity index is 4510. The number of para-hydroxylation sites is 3. The van der Waals surface area contributed by atoms with Gasteiger partial charge in [0.25, 0.3) is 0 Å². The number of nitrogens with zero attached hydrogens (tertiary/aromatic N) is 1. The number of benzene rings is 12. The van der Waals surface area contributed by atoms with E-state index in [1.165, 1.54) is 48.9 Å². The van der Waals surface area contributed by atoms with Gasteiger partial charge in [0.1, 0.15) is 33.8 Å². The molecule has 0 amide bonds. The Morgan fingerprint density at radius 1 is 0.347 bits per heavy atom. The van der Waals surface area contributed by atoms with Gasteiger partial charge in [-0.15, -0.1) is 0 Å². The van der Waals surface area contributed by atoms with E-state index < -0.39 is 0 Å². The molecule has 4 nitrogen and oxygen atoms in total. The fourth-order valence-corrected chi connectivity index (χ4v) is 11.7. The molecule has 0 atom stereocenters. The van der Waals surface area contributed by atoms with Gasteiger partial charge < -0.3 is 18.5 Å². The summed E-state index contributed by atoms with van der Waals surface area (Å²) in [5.74, 6) is 1.66. The maximum absolute atomic E-state index is 7.12. The van der Waals surface area contributed by atoms with Crippen LogP contribution < -0.4 is 26.0 Å². The van der Waals surface area contributed by atoms with Crippen LogP contribution in [0.2, 0.25) is 0 Å². The van der Waals surface area contributed by atoms with Crippen LogP contribution in [-0.2, 0) is 0 Å². The van der Waals surface area contributed by atoms with Gasteiger partial charge >= 0.3 is 0 Å². The minimum Gasteiger partial charge on any atom is -0.456 e. The summed E-state index contributed by atoms with van der Waals surface area (Å²) in [5, 5.41) is 11.6. The molecular formula is C67H42BNO3. The Labute approximate surface area is 415 Å². The predicted octanol–water partition coefficient (Wildman–Crippen LogP) is 16.7. The molecule has 1 aliphatic heterocycles. The third-order valence-electron chi connectivity index (χ3n) is 15.0. The molecule has 5 heteroatoms. The summed E-state index contributed by atoms with van der Waals surface area (Å²) in [6.45, 7) is 2.10. The molecule has 12 aromatic carbocycles. The van der Waals surface area contributed by atoms with Crippen LogP contribution in [0.25, 0.3) is 98.4 Å². The molecule has 0 bridgehead atoms.